The van der Waals surface area contributed by atoms with Crippen molar-refractivity contribution in [3.05, 3.63) is 58.9 Å². The first-order chi connectivity index (χ1) is 14.7. The minimum Gasteiger partial charge on any atom is -0.352 e. The summed E-state index contributed by atoms with van der Waals surface area (Å²) in [6.07, 6.45) is 0. The highest BCUT2D eigenvalue weighted by atomic mass is 32.2. The van der Waals surface area contributed by atoms with E-state index in [1.54, 1.807) is 4.68 Å². The Labute approximate surface area is 179 Å². The predicted octanol–water partition coefficient (Wildman–Crippen LogP) is 2.38. The van der Waals surface area contributed by atoms with Gasteiger partial charge in [0.15, 0.2) is 11.6 Å². The first-order valence-corrected chi connectivity index (χ1v) is 11.2. The molecular weight excluding hydrogens is 426 g/mol. The molecule has 2 aromatic heterocycles. The van der Waals surface area contributed by atoms with Crippen LogP contribution in [0.25, 0.3) is 5.82 Å². The average Bonchev–Trinajstić information content (AvgIpc) is 3.01. The van der Waals surface area contributed by atoms with Gasteiger partial charge in [-0.15, -0.1) is 10.2 Å². The summed E-state index contributed by atoms with van der Waals surface area (Å²) in [7, 11) is -4.05. The Morgan fingerprint density at radius 3 is 2.10 bits per heavy atom. The van der Waals surface area contributed by atoms with Crippen molar-refractivity contribution in [2.24, 2.45) is 0 Å². The minimum absolute atomic E-state index is 0.152. The fraction of sp³-hybridized carbons (Fsp3) is 0.350. The molecule has 0 amide bonds. The molecule has 164 valence electrons. The summed E-state index contributed by atoms with van der Waals surface area (Å²) < 4.78 is 55.5. The first kappa shape index (κ1) is 21.3. The molecule has 0 aliphatic carbocycles. The van der Waals surface area contributed by atoms with Gasteiger partial charge in [-0.05, 0) is 50.6 Å². The number of sulfonamides is 1. The van der Waals surface area contributed by atoms with E-state index >= 15 is 0 Å². The highest BCUT2D eigenvalue weighted by Gasteiger charge is 2.31. The topological polar surface area (TPSA) is 84.2 Å². The van der Waals surface area contributed by atoms with Gasteiger partial charge < -0.3 is 4.90 Å². The lowest BCUT2D eigenvalue weighted by atomic mass is 10.2. The summed E-state index contributed by atoms with van der Waals surface area (Å²) in [6, 6.07) is 6.10. The lowest BCUT2D eigenvalue weighted by Gasteiger charge is -2.34. The molecule has 1 aliphatic heterocycles. The Balaban J connectivity index is 1.47. The molecule has 1 saturated heterocycles. The molecule has 0 saturated carbocycles. The zero-order valence-electron chi connectivity index (χ0n) is 17.4. The largest absolute Gasteiger partial charge is 0.352 e. The Hall–Kier alpha value is -2.92. The minimum atomic E-state index is -4.05. The van der Waals surface area contributed by atoms with E-state index in [4.69, 9.17) is 0 Å². The van der Waals surface area contributed by atoms with Gasteiger partial charge in [0, 0.05) is 37.9 Å². The first-order valence-electron chi connectivity index (χ1n) is 9.75. The third-order valence-electron chi connectivity index (χ3n) is 5.58. The maximum atomic E-state index is 14.0. The quantitative estimate of drug-likeness (QED) is 0.609. The molecule has 31 heavy (non-hydrogen) atoms. The number of rotatable bonds is 4. The fourth-order valence-electron chi connectivity index (χ4n) is 3.52. The van der Waals surface area contributed by atoms with E-state index in [0.717, 1.165) is 29.1 Å². The van der Waals surface area contributed by atoms with Crippen LogP contribution in [0.2, 0.25) is 0 Å². The Bertz CT molecular complexity index is 1220. The molecule has 4 rings (SSSR count). The van der Waals surface area contributed by atoms with Gasteiger partial charge in [0.25, 0.3) is 0 Å². The summed E-state index contributed by atoms with van der Waals surface area (Å²) in [5.41, 5.74) is 3.02. The molecule has 1 fully saturated rings. The van der Waals surface area contributed by atoms with Crippen LogP contribution < -0.4 is 4.90 Å². The van der Waals surface area contributed by atoms with Crippen molar-refractivity contribution >= 4 is 15.8 Å². The summed E-state index contributed by atoms with van der Waals surface area (Å²) in [5, 5.41) is 13.0. The van der Waals surface area contributed by atoms with Crippen LogP contribution in [0, 0.1) is 32.4 Å². The second kappa shape index (κ2) is 7.97. The summed E-state index contributed by atoms with van der Waals surface area (Å²) in [5.74, 6) is -0.695. The van der Waals surface area contributed by atoms with Crippen LogP contribution in [0.4, 0.5) is 14.6 Å². The monoisotopic (exact) mass is 448 g/mol. The third kappa shape index (κ3) is 3.90. The fourth-order valence-corrected chi connectivity index (χ4v) is 4.99. The second-order valence-electron chi connectivity index (χ2n) is 7.42. The zero-order valence-corrected chi connectivity index (χ0v) is 18.2. The van der Waals surface area contributed by atoms with Gasteiger partial charge in [-0.2, -0.15) is 9.40 Å². The number of hydrogen-bond acceptors (Lipinski definition) is 6. The van der Waals surface area contributed by atoms with Crippen molar-refractivity contribution < 1.29 is 17.2 Å². The van der Waals surface area contributed by atoms with Crippen LogP contribution in [-0.2, 0) is 10.0 Å². The number of piperazine rings is 1. The Morgan fingerprint density at radius 1 is 0.903 bits per heavy atom. The molecule has 0 N–H and O–H groups in total. The number of hydrogen-bond donors (Lipinski definition) is 0. The molecule has 0 bridgehead atoms. The van der Waals surface area contributed by atoms with E-state index in [1.807, 2.05) is 37.8 Å². The highest BCUT2D eigenvalue weighted by Crippen LogP contribution is 2.23. The predicted molar refractivity (Wildman–Crippen MR) is 111 cm³/mol. The van der Waals surface area contributed by atoms with E-state index in [0.29, 0.717) is 30.8 Å². The van der Waals surface area contributed by atoms with Crippen molar-refractivity contribution in [1.29, 1.82) is 0 Å². The van der Waals surface area contributed by atoms with Crippen molar-refractivity contribution in [3.8, 4) is 5.82 Å². The van der Waals surface area contributed by atoms with Crippen LogP contribution in [0.1, 0.15) is 17.0 Å². The van der Waals surface area contributed by atoms with Crippen LogP contribution in [0.3, 0.4) is 0 Å². The number of halogens is 2. The molecule has 1 aliphatic rings. The van der Waals surface area contributed by atoms with Crippen LogP contribution in [0.15, 0.2) is 35.2 Å². The Morgan fingerprint density at radius 2 is 1.55 bits per heavy atom. The molecule has 8 nitrogen and oxygen atoms in total. The van der Waals surface area contributed by atoms with Gasteiger partial charge in [-0.1, -0.05) is 0 Å². The molecule has 0 spiro atoms. The van der Waals surface area contributed by atoms with E-state index < -0.39 is 26.6 Å². The van der Waals surface area contributed by atoms with Gasteiger partial charge in [0.1, 0.15) is 16.5 Å². The number of anilines is 1. The summed E-state index contributed by atoms with van der Waals surface area (Å²) >= 11 is 0. The van der Waals surface area contributed by atoms with E-state index in [2.05, 4.69) is 15.3 Å². The highest BCUT2D eigenvalue weighted by molar-refractivity contribution is 7.89. The van der Waals surface area contributed by atoms with Crippen molar-refractivity contribution in [3.63, 3.8) is 0 Å². The number of aromatic nitrogens is 4. The Kier molecular flexibility index (Phi) is 5.48. The number of benzene rings is 1. The zero-order chi connectivity index (χ0) is 22.3. The molecule has 3 aromatic rings. The normalized spacial score (nSPS) is 15.5. The van der Waals surface area contributed by atoms with Crippen LogP contribution >= 0.6 is 0 Å². The maximum Gasteiger partial charge on any atom is 0.246 e. The van der Waals surface area contributed by atoms with E-state index in [-0.39, 0.29) is 13.1 Å². The van der Waals surface area contributed by atoms with Gasteiger partial charge in [0.05, 0.1) is 5.69 Å². The SMILES string of the molecule is Cc1nn(-c2ccc(N3CCN(S(=O)(=O)c4ccc(F)cc4F)CC3)nn2)c(C)c1C. The molecule has 0 unspecified atom stereocenters. The van der Waals surface area contributed by atoms with Gasteiger partial charge >= 0.3 is 0 Å². The maximum absolute atomic E-state index is 14.0. The number of aryl methyl sites for hydroxylation is 1. The summed E-state index contributed by atoms with van der Waals surface area (Å²) in [4.78, 5) is 1.39. The second-order valence-corrected chi connectivity index (χ2v) is 9.33. The van der Waals surface area contributed by atoms with Gasteiger partial charge in [-0.3, -0.25) is 0 Å². The van der Waals surface area contributed by atoms with Crippen molar-refractivity contribution in [1.82, 2.24) is 24.3 Å². The van der Waals surface area contributed by atoms with Crippen LogP contribution in [0.5, 0.6) is 0 Å². The summed E-state index contributed by atoms with van der Waals surface area (Å²) in [6.45, 7) is 6.95. The molecular formula is C20H22F2N6O2S. The molecule has 3 heterocycles. The molecule has 11 heteroatoms. The molecule has 0 radical (unpaired) electrons. The van der Waals surface area contributed by atoms with Gasteiger partial charge in [0.2, 0.25) is 10.0 Å². The van der Waals surface area contributed by atoms with Crippen LogP contribution in [-0.4, -0.2) is 58.9 Å². The van der Waals surface area contributed by atoms with Gasteiger partial charge in [-0.25, -0.2) is 21.9 Å². The van der Waals surface area contributed by atoms with Crippen molar-refractivity contribution in [2.45, 2.75) is 25.7 Å². The molecule has 1 aromatic carbocycles. The smallest absolute Gasteiger partial charge is 0.246 e. The standard InChI is InChI=1S/C20H22F2N6O2S/c1-13-14(2)25-28(15(13)3)20-7-6-19(23-24-20)26-8-10-27(11-9-26)31(29,30)18-5-4-16(21)12-17(18)22/h4-7,12H,8-11H2,1-3H3. The van der Waals surface area contributed by atoms with Crippen molar-refractivity contribution in [2.75, 3.05) is 31.1 Å². The lowest BCUT2D eigenvalue weighted by molar-refractivity contribution is 0.380. The average molecular weight is 448 g/mol. The lowest BCUT2D eigenvalue weighted by Crippen LogP contribution is -2.49. The van der Waals surface area contributed by atoms with E-state index in [9.17, 15) is 17.2 Å². The number of nitrogens with zero attached hydrogens (tertiary/aromatic N) is 6. The molecule has 0 atom stereocenters. The van der Waals surface area contributed by atoms with E-state index in [1.165, 1.54) is 4.31 Å². The third-order valence-corrected chi connectivity index (χ3v) is 7.51.